The number of fused-ring (bicyclic) bond motifs is 1. The first kappa shape index (κ1) is 16.7. The summed E-state index contributed by atoms with van der Waals surface area (Å²) in [6.45, 7) is 4.66. The van der Waals surface area contributed by atoms with Crippen molar-refractivity contribution < 1.29 is 8.94 Å². The van der Waals surface area contributed by atoms with Gasteiger partial charge in [0, 0.05) is 17.3 Å². The van der Waals surface area contributed by atoms with Gasteiger partial charge in [0.05, 0.1) is 6.54 Å². The van der Waals surface area contributed by atoms with Gasteiger partial charge >= 0.3 is 0 Å². The number of para-hydroxylation sites is 1. The topological polar surface area (TPSA) is 68.2 Å². The van der Waals surface area contributed by atoms with E-state index >= 15 is 0 Å². The lowest BCUT2D eigenvalue weighted by Gasteiger charge is -2.22. The Hall–Kier alpha value is -3.41. The van der Waals surface area contributed by atoms with Gasteiger partial charge in [0.1, 0.15) is 17.0 Å². The number of hydrogen-bond acceptors (Lipinski definition) is 6. The third-order valence-electron chi connectivity index (χ3n) is 5.24. The second kappa shape index (κ2) is 6.64. The largest absolute Gasteiger partial charge is 0.419 e. The van der Waals surface area contributed by atoms with Crippen molar-refractivity contribution in [2.45, 2.75) is 32.9 Å². The lowest BCUT2D eigenvalue weighted by Crippen LogP contribution is -2.28. The highest BCUT2D eigenvalue weighted by molar-refractivity contribution is 5.77. The minimum absolute atomic E-state index is 0.393. The van der Waals surface area contributed by atoms with Crippen LogP contribution >= 0.6 is 0 Å². The second-order valence-corrected chi connectivity index (χ2v) is 7.14. The van der Waals surface area contributed by atoms with Crippen molar-refractivity contribution in [3.63, 3.8) is 0 Å². The highest BCUT2D eigenvalue weighted by Gasteiger charge is 2.28. The summed E-state index contributed by atoms with van der Waals surface area (Å²) in [5, 5.41) is 12.8. The van der Waals surface area contributed by atoms with Crippen LogP contribution in [-0.4, -0.2) is 21.4 Å². The molecule has 1 aliphatic heterocycles. The maximum atomic E-state index is 6.03. The zero-order chi connectivity index (χ0) is 19.1. The Bertz CT molecular complexity index is 1120. The van der Waals surface area contributed by atoms with Crippen LogP contribution in [0.15, 0.2) is 63.5 Å². The van der Waals surface area contributed by atoms with Crippen LogP contribution in [-0.2, 0) is 13.0 Å². The lowest BCUT2D eigenvalue weighted by atomic mass is 10.1. The van der Waals surface area contributed by atoms with Gasteiger partial charge in [-0.15, -0.1) is 10.2 Å². The van der Waals surface area contributed by atoms with E-state index in [0.717, 1.165) is 17.5 Å². The average Bonchev–Trinajstić information content (AvgIpc) is 3.41. The van der Waals surface area contributed by atoms with Crippen LogP contribution in [0.5, 0.6) is 0 Å². The Labute approximate surface area is 162 Å². The maximum Gasteiger partial charge on any atom is 0.253 e. The minimum atomic E-state index is 0.393. The highest BCUT2D eigenvalue weighted by Crippen LogP contribution is 2.35. The van der Waals surface area contributed by atoms with E-state index in [2.05, 4.69) is 51.4 Å². The van der Waals surface area contributed by atoms with E-state index in [1.807, 2.05) is 37.3 Å². The molecule has 0 radical (unpaired) electrons. The Morgan fingerprint density at radius 2 is 1.82 bits per heavy atom. The number of nitrogens with zero attached hydrogens (tertiary/aromatic N) is 4. The van der Waals surface area contributed by atoms with Gasteiger partial charge in [0.25, 0.3) is 5.89 Å². The molecule has 0 bridgehead atoms. The Morgan fingerprint density at radius 1 is 1.04 bits per heavy atom. The molecular weight excluding hydrogens is 352 g/mol. The first-order valence-corrected chi connectivity index (χ1v) is 9.39. The minimum Gasteiger partial charge on any atom is -0.419 e. The van der Waals surface area contributed by atoms with E-state index in [1.165, 1.54) is 11.3 Å². The molecule has 0 unspecified atom stereocenters. The summed E-state index contributed by atoms with van der Waals surface area (Å²) in [7, 11) is 0. The third kappa shape index (κ3) is 2.78. The van der Waals surface area contributed by atoms with Crippen molar-refractivity contribution in [2.24, 2.45) is 0 Å². The van der Waals surface area contributed by atoms with Gasteiger partial charge in [-0.2, -0.15) is 0 Å². The molecule has 0 fully saturated rings. The Kier molecular flexibility index (Phi) is 3.97. The van der Waals surface area contributed by atoms with E-state index in [1.54, 1.807) is 0 Å². The molecule has 2 aromatic carbocycles. The van der Waals surface area contributed by atoms with Crippen molar-refractivity contribution in [3.8, 4) is 22.7 Å². The fourth-order valence-electron chi connectivity index (χ4n) is 3.85. The summed E-state index contributed by atoms with van der Waals surface area (Å²) >= 11 is 0. The van der Waals surface area contributed by atoms with Crippen LogP contribution in [0.2, 0.25) is 0 Å². The van der Waals surface area contributed by atoms with Crippen molar-refractivity contribution >= 4 is 5.69 Å². The van der Waals surface area contributed by atoms with Crippen molar-refractivity contribution in [3.05, 3.63) is 71.8 Å². The van der Waals surface area contributed by atoms with E-state index in [9.17, 15) is 0 Å². The molecule has 0 aliphatic carbocycles. The van der Waals surface area contributed by atoms with Crippen LogP contribution in [0, 0.1) is 6.92 Å². The molecule has 0 spiro atoms. The van der Waals surface area contributed by atoms with Crippen LogP contribution < -0.4 is 4.90 Å². The molecule has 1 atom stereocenters. The number of benzene rings is 2. The summed E-state index contributed by atoms with van der Waals surface area (Å²) in [6.07, 6.45) is 1.03. The predicted molar refractivity (Wildman–Crippen MR) is 106 cm³/mol. The molecule has 0 saturated carbocycles. The molecule has 6 nitrogen and oxygen atoms in total. The molecular formula is C22H20N4O2. The van der Waals surface area contributed by atoms with Gasteiger partial charge in [-0.3, -0.25) is 0 Å². The fraction of sp³-hybridized carbons (Fsp3) is 0.227. The van der Waals surface area contributed by atoms with Crippen molar-refractivity contribution in [2.75, 3.05) is 4.90 Å². The van der Waals surface area contributed by atoms with Gasteiger partial charge < -0.3 is 13.8 Å². The van der Waals surface area contributed by atoms with Gasteiger partial charge in [-0.25, -0.2) is 0 Å². The smallest absolute Gasteiger partial charge is 0.253 e. The van der Waals surface area contributed by atoms with E-state index < -0.39 is 0 Å². The molecule has 1 aliphatic rings. The number of rotatable bonds is 4. The Balaban J connectivity index is 1.46. The summed E-state index contributed by atoms with van der Waals surface area (Å²) in [5.41, 5.74) is 5.01. The maximum absolute atomic E-state index is 6.03. The summed E-state index contributed by atoms with van der Waals surface area (Å²) in [5.74, 6) is 1.68. The van der Waals surface area contributed by atoms with Crippen molar-refractivity contribution in [1.82, 2.24) is 15.4 Å². The predicted octanol–water partition coefficient (Wildman–Crippen LogP) is 4.65. The summed E-state index contributed by atoms with van der Waals surface area (Å²) < 4.78 is 11.5. The fourth-order valence-corrected chi connectivity index (χ4v) is 3.85. The average molecular weight is 372 g/mol. The van der Waals surface area contributed by atoms with E-state index in [-0.39, 0.29) is 0 Å². The molecule has 0 saturated heterocycles. The third-order valence-corrected chi connectivity index (χ3v) is 5.24. The van der Waals surface area contributed by atoms with Crippen molar-refractivity contribution in [1.29, 1.82) is 0 Å². The van der Waals surface area contributed by atoms with Gasteiger partial charge in [0.2, 0.25) is 5.89 Å². The highest BCUT2D eigenvalue weighted by atomic mass is 16.5. The van der Waals surface area contributed by atoms with Crippen LogP contribution in [0.1, 0.15) is 24.1 Å². The van der Waals surface area contributed by atoms with Gasteiger partial charge in [0.15, 0.2) is 0 Å². The van der Waals surface area contributed by atoms with E-state index in [0.29, 0.717) is 35.8 Å². The van der Waals surface area contributed by atoms with E-state index in [4.69, 9.17) is 8.94 Å². The quantitative estimate of drug-likeness (QED) is 0.519. The van der Waals surface area contributed by atoms with Crippen LogP contribution in [0.3, 0.4) is 0 Å². The van der Waals surface area contributed by atoms with Gasteiger partial charge in [-0.1, -0.05) is 53.7 Å². The second-order valence-electron chi connectivity index (χ2n) is 7.14. The zero-order valence-corrected chi connectivity index (χ0v) is 15.8. The Morgan fingerprint density at radius 3 is 2.68 bits per heavy atom. The number of aryl methyl sites for hydroxylation is 1. The molecule has 2 aromatic heterocycles. The number of aromatic nitrogens is 3. The first-order chi connectivity index (χ1) is 13.7. The normalized spacial score (nSPS) is 15.8. The first-order valence-electron chi connectivity index (χ1n) is 9.39. The molecule has 140 valence electrons. The number of anilines is 1. The lowest BCUT2D eigenvalue weighted by molar-refractivity contribution is 0.399. The van der Waals surface area contributed by atoms with Crippen LogP contribution in [0.4, 0.5) is 5.69 Å². The SMILES string of the molecule is Cc1onc(-c2ccccc2)c1-c1nnc(CN2c3ccccc3C[C@@H]2C)o1. The molecule has 4 aromatic rings. The number of hydrogen-bond donors (Lipinski definition) is 0. The van der Waals surface area contributed by atoms with Gasteiger partial charge in [-0.05, 0) is 31.9 Å². The van der Waals surface area contributed by atoms with Crippen LogP contribution in [0.25, 0.3) is 22.7 Å². The monoisotopic (exact) mass is 372 g/mol. The standard InChI is InChI=1S/C22H20N4O2/c1-14-12-17-10-6-7-11-18(17)26(14)13-19-23-24-22(27-19)20-15(2)28-25-21(20)16-8-4-3-5-9-16/h3-11,14H,12-13H2,1-2H3/t14-/m0/s1. The molecule has 28 heavy (non-hydrogen) atoms. The molecule has 0 N–H and O–H groups in total. The molecule has 6 heteroatoms. The zero-order valence-electron chi connectivity index (χ0n) is 15.8. The molecule has 0 amide bonds. The molecule has 5 rings (SSSR count). The summed E-state index contributed by atoms with van der Waals surface area (Å²) in [6, 6.07) is 18.7. The summed E-state index contributed by atoms with van der Waals surface area (Å²) in [4.78, 5) is 2.31. The molecule has 3 heterocycles.